The Morgan fingerprint density at radius 2 is 2.00 bits per heavy atom. The van der Waals surface area contributed by atoms with E-state index in [-0.39, 0.29) is 18.4 Å². The van der Waals surface area contributed by atoms with E-state index in [1.165, 1.54) is 4.90 Å². The van der Waals surface area contributed by atoms with Gasteiger partial charge in [0, 0.05) is 19.5 Å². The van der Waals surface area contributed by atoms with E-state index in [4.69, 9.17) is 10.6 Å². The van der Waals surface area contributed by atoms with Crippen LogP contribution in [0.25, 0.3) is 0 Å². The van der Waals surface area contributed by atoms with Crippen molar-refractivity contribution in [2.45, 2.75) is 26.7 Å². The lowest BCUT2D eigenvalue weighted by molar-refractivity contribution is -0.121. The molecule has 0 bridgehead atoms. The van der Waals surface area contributed by atoms with Gasteiger partial charge in [0.05, 0.1) is 6.61 Å². The smallest absolute Gasteiger partial charge is 0.409 e. The Morgan fingerprint density at radius 1 is 1.33 bits per heavy atom. The van der Waals surface area contributed by atoms with Crippen molar-refractivity contribution in [1.82, 2.24) is 10.3 Å². The first-order chi connectivity index (χ1) is 7.15. The molecule has 0 fully saturated rings. The number of nitrogens with two attached hydrogens (primary N) is 1. The number of carbonyl (C=O) groups excluding carboxylic acids is 2. The summed E-state index contributed by atoms with van der Waals surface area (Å²) in [5, 5.41) is 0. The average molecular weight is 217 g/mol. The molecule has 0 aliphatic carbocycles. The molecule has 0 aliphatic heterocycles. The molecule has 2 amide bonds. The molecule has 0 rings (SSSR count). The van der Waals surface area contributed by atoms with E-state index in [1.54, 1.807) is 6.92 Å². The second kappa shape index (κ2) is 8.05. The van der Waals surface area contributed by atoms with Crippen molar-refractivity contribution in [2.75, 3.05) is 19.7 Å². The van der Waals surface area contributed by atoms with Crippen molar-refractivity contribution < 1.29 is 14.3 Å². The molecule has 0 saturated carbocycles. The number of ether oxygens (including phenoxy) is 1. The van der Waals surface area contributed by atoms with Crippen LogP contribution in [0, 0.1) is 0 Å². The molecule has 88 valence electrons. The van der Waals surface area contributed by atoms with E-state index in [0.29, 0.717) is 19.7 Å². The largest absolute Gasteiger partial charge is 0.450 e. The van der Waals surface area contributed by atoms with Crippen LogP contribution >= 0.6 is 0 Å². The fraction of sp³-hybridized carbons (Fsp3) is 0.778. The van der Waals surface area contributed by atoms with Gasteiger partial charge in [0.1, 0.15) is 0 Å². The zero-order chi connectivity index (χ0) is 11.7. The third-order valence-electron chi connectivity index (χ3n) is 1.79. The zero-order valence-electron chi connectivity index (χ0n) is 9.28. The van der Waals surface area contributed by atoms with Crippen LogP contribution in [-0.4, -0.2) is 36.6 Å². The third kappa shape index (κ3) is 5.90. The maximum atomic E-state index is 11.4. The highest BCUT2D eigenvalue weighted by Crippen LogP contribution is 1.98. The first kappa shape index (κ1) is 13.7. The Hall–Kier alpha value is -1.30. The monoisotopic (exact) mass is 217 g/mol. The van der Waals surface area contributed by atoms with E-state index < -0.39 is 0 Å². The second-order valence-corrected chi connectivity index (χ2v) is 3.00. The maximum absolute atomic E-state index is 11.4. The number of hydrogen-bond donors (Lipinski definition) is 2. The van der Waals surface area contributed by atoms with Crippen molar-refractivity contribution in [2.24, 2.45) is 5.84 Å². The van der Waals surface area contributed by atoms with Crippen LogP contribution in [0.15, 0.2) is 0 Å². The summed E-state index contributed by atoms with van der Waals surface area (Å²) in [4.78, 5) is 23.8. The Morgan fingerprint density at radius 3 is 2.47 bits per heavy atom. The molecule has 15 heavy (non-hydrogen) atoms. The van der Waals surface area contributed by atoms with Crippen molar-refractivity contribution in [3.05, 3.63) is 0 Å². The van der Waals surface area contributed by atoms with Gasteiger partial charge in [-0.25, -0.2) is 10.6 Å². The molecule has 0 aromatic carbocycles. The van der Waals surface area contributed by atoms with Crippen LogP contribution < -0.4 is 11.3 Å². The normalized spacial score (nSPS) is 9.53. The molecular weight excluding hydrogens is 198 g/mol. The minimum absolute atomic E-state index is 0.190. The van der Waals surface area contributed by atoms with Gasteiger partial charge in [-0.1, -0.05) is 6.92 Å². The van der Waals surface area contributed by atoms with Gasteiger partial charge in [-0.2, -0.15) is 0 Å². The maximum Gasteiger partial charge on any atom is 0.409 e. The zero-order valence-corrected chi connectivity index (χ0v) is 9.28. The fourth-order valence-corrected chi connectivity index (χ4v) is 1.09. The summed E-state index contributed by atoms with van der Waals surface area (Å²) in [6, 6.07) is 0. The van der Waals surface area contributed by atoms with Gasteiger partial charge in [0.25, 0.3) is 0 Å². The predicted octanol–water partition coefficient (Wildman–Crippen LogP) is 0.235. The summed E-state index contributed by atoms with van der Waals surface area (Å²) < 4.78 is 4.85. The molecule has 0 heterocycles. The number of carbonyl (C=O) groups is 2. The highest BCUT2D eigenvalue weighted by Gasteiger charge is 2.14. The van der Waals surface area contributed by atoms with E-state index >= 15 is 0 Å². The molecule has 0 aromatic heterocycles. The van der Waals surface area contributed by atoms with Crippen LogP contribution in [-0.2, 0) is 9.53 Å². The molecule has 0 atom stereocenters. The van der Waals surface area contributed by atoms with E-state index in [0.717, 1.165) is 6.42 Å². The number of nitrogens with zero attached hydrogens (tertiary/aromatic N) is 1. The highest BCUT2D eigenvalue weighted by molar-refractivity contribution is 5.76. The lowest BCUT2D eigenvalue weighted by Crippen LogP contribution is -2.37. The van der Waals surface area contributed by atoms with Gasteiger partial charge in [0.2, 0.25) is 5.91 Å². The SMILES string of the molecule is CCCN(CCC(=O)NN)C(=O)OCC. The summed E-state index contributed by atoms with van der Waals surface area (Å²) in [6.07, 6.45) is 0.627. The summed E-state index contributed by atoms with van der Waals surface area (Å²) in [5.41, 5.74) is 2.02. The molecule has 3 N–H and O–H groups in total. The molecule has 0 aromatic rings. The standard InChI is InChI=1S/C9H19N3O3/c1-3-6-12(9(14)15-4-2)7-5-8(13)11-10/h3-7,10H2,1-2H3,(H,11,13). The molecule has 6 nitrogen and oxygen atoms in total. The fourth-order valence-electron chi connectivity index (χ4n) is 1.09. The van der Waals surface area contributed by atoms with Gasteiger partial charge < -0.3 is 9.64 Å². The van der Waals surface area contributed by atoms with Crippen LogP contribution in [0.4, 0.5) is 4.79 Å². The predicted molar refractivity (Wildman–Crippen MR) is 55.8 cm³/mol. The molecule has 0 spiro atoms. The van der Waals surface area contributed by atoms with E-state index in [9.17, 15) is 9.59 Å². The lowest BCUT2D eigenvalue weighted by atomic mass is 10.3. The number of rotatable bonds is 6. The lowest BCUT2D eigenvalue weighted by Gasteiger charge is -2.20. The Balaban J connectivity index is 4.02. The summed E-state index contributed by atoms with van der Waals surface area (Å²) in [5.74, 6) is 4.64. The molecule has 0 saturated heterocycles. The average Bonchev–Trinajstić information content (AvgIpc) is 2.23. The Labute approximate surface area is 89.7 Å². The van der Waals surface area contributed by atoms with Gasteiger partial charge in [-0.3, -0.25) is 10.2 Å². The van der Waals surface area contributed by atoms with Crippen molar-refractivity contribution in [1.29, 1.82) is 0 Å². The first-order valence-electron chi connectivity index (χ1n) is 5.06. The van der Waals surface area contributed by atoms with Gasteiger partial charge in [-0.15, -0.1) is 0 Å². The van der Waals surface area contributed by atoms with E-state index in [1.807, 2.05) is 12.3 Å². The second-order valence-electron chi connectivity index (χ2n) is 3.00. The quantitative estimate of drug-likeness (QED) is 0.379. The van der Waals surface area contributed by atoms with Crippen molar-refractivity contribution >= 4 is 12.0 Å². The number of hydrogen-bond acceptors (Lipinski definition) is 4. The van der Waals surface area contributed by atoms with Crippen LogP contribution in [0.5, 0.6) is 0 Å². The molecule has 0 aliphatic rings. The topological polar surface area (TPSA) is 84.7 Å². The van der Waals surface area contributed by atoms with Crippen LogP contribution in [0.2, 0.25) is 0 Å². The Kier molecular flexibility index (Phi) is 7.35. The third-order valence-corrected chi connectivity index (χ3v) is 1.79. The Bertz CT molecular complexity index is 209. The molecule has 0 radical (unpaired) electrons. The minimum atomic E-state index is -0.385. The molecular formula is C9H19N3O3. The summed E-state index contributed by atoms with van der Waals surface area (Å²) in [6.45, 7) is 4.94. The van der Waals surface area contributed by atoms with Gasteiger partial charge in [-0.05, 0) is 13.3 Å². The van der Waals surface area contributed by atoms with Crippen LogP contribution in [0.1, 0.15) is 26.7 Å². The molecule has 0 unspecified atom stereocenters. The van der Waals surface area contributed by atoms with Gasteiger partial charge >= 0.3 is 6.09 Å². The summed E-state index contributed by atoms with van der Waals surface area (Å²) in [7, 11) is 0. The summed E-state index contributed by atoms with van der Waals surface area (Å²) >= 11 is 0. The van der Waals surface area contributed by atoms with Gasteiger partial charge in [0.15, 0.2) is 0 Å². The first-order valence-corrected chi connectivity index (χ1v) is 5.06. The minimum Gasteiger partial charge on any atom is -0.450 e. The number of hydrazine groups is 1. The van der Waals surface area contributed by atoms with Crippen LogP contribution in [0.3, 0.4) is 0 Å². The van der Waals surface area contributed by atoms with Crippen molar-refractivity contribution in [3.63, 3.8) is 0 Å². The van der Waals surface area contributed by atoms with E-state index in [2.05, 4.69) is 0 Å². The number of nitrogens with one attached hydrogen (secondary N) is 1. The highest BCUT2D eigenvalue weighted by atomic mass is 16.6. The molecule has 6 heteroatoms. The number of amides is 2. The van der Waals surface area contributed by atoms with Crippen molar-refractivity contribution in [3.8, 4) is 0 Å².